The van der Waals surface area contributed by atoms with Gasteiger partial charge in [0.2, 0.25) is 0 Å². The summed E-state index contributed by atoms with van der Waals surface area (Å²) in [5, 5.41) is 9.58. The summed E-state index contributed by atoms with van der Waals surface area (Å²) in [7, 11) is 1.55. The first-order valence-corrected chi connectivity index (χ1v) is 11.5. The highest BCUT2D eigenvalue weighted by Gasteiger charge is 2.34. The number of allylic oxidation sites excluding steroid dienone is 1. The van der Waals surface area contributed by atoms with Crippen molar-refractivity contribution in [3.05, 3.63) is 71.0 Å². The first kappa shape index (κ1) is 24.1. The zero-order valence-electron chi connectivity index (χ0n) is 20.3. The molecule has 0 aromatic heterocycles. The minimum Gasteiger partial charge on any atom is -0.493 e. The van der Waals surface area contributed by atoms with E-state index < -0.39 is 5.91 Å². The Labute approximate surface area is 204 Å². The van der Waals surface area contributed by atoms with Crippen LogP contribution in [0.2, 0.25) is 0 Å². The fourth-order valence-electron chi connectivity index (χ4n) is 3.80. The predicted octanol–water partition coefficient (Wildman–Crippen LogP) is 5.12. The number of methoxy groups -OCH3 is 1. The molecule has 0 fully saturated rings. The van der Waals surface area contributed by atoms with Gasteiger partial charge in [0.05, 0.1) is 12.7 Å². The average molecular weight is 476 g/mol. The number of amidine groups is 2. The molecule has 8 heteroatoms. The number of ether oxygens (including phenoxy) is 3. The molecule has 1 N–H and O–H groups in total. The van der Waals surface area contributed by atoms with Gasteiger partial charge in [0.15, 0.2) is 23.2 Å². The van der Waals surface area contributed by atoms with Crippen molar-refractivity contribution in [2.24, 2.45) is 4.99 Å². The number of nitrogens with one attached hydrogen (secondary N) is 1. The average Bonchev–Trinajstić information content (AvgIpc) is 3.24. The van der Waals surface area contributed by atoms with Crippen molar-refractivity contribution in [1.29, 1.82) is 5.41 Å². The SMILES string of the molecule is CCC(C)c1ccccc1OCCOc1ccc(/C=C2\C(=N)N3OC(C)=CC3=NC2=O)cc1OC. The van der Waals surface area contributed by atoms with Gasteiger partial charge >= 0.3 is 0 Å². The minimum atomic E-state index is -0.495. The Bertz CT molecular complexity index is 1230. The zero-order valence-corrected chi connectivity index (χ0v) is 20.3. The fourth-order valence-corrected chi connectivity index (χ4v) is 3.80. The minimum absolute atomic E-state index is 0.0674. The molecule has 0 saturated carbocycles. The maximum absolute atomic E-state index is 12.5. The molecule has 2 heterocycles. The van der Waals surface area contributed by atoms with Crippen LogP contribution in [0.1, 0.15) is 44.2 Å². The highest BCUT2D eigenvalue weighted by Crippen LogP contribution is 2.31. The van der Waals surface area contributed by atoms with E-state index in [0.717, 1.165) is 12.2 Å². The maximum Gasteiger partial charge on any atom is 0.282 e. The summed E-state index contributed by atoms with van der Waals surface area (Å²) in [5.41, 5.74) is 1.99. The quantitative estimate of drug-likeness (QED) is 0.400. The van der Waals surface area contributed by atoms with Crippen molar-refractivity contribution in [1.82, 2.24) is 5.06 Å². The van der Waals surface area contributed by atoms with Crippen molar-refractivity contribution < 1.29 is 23.8 Å². The van der Waals surface area contributed by atoms with Crippen molar-refractivity contribution in [3.63, 3.8) is 0 Å². The molecular formula is C27H29N3O5. The first-order chi connectivity index (χ1) is 16.9. The van der Waals surface area contributed by atoms with Gasteiger partial charge in [-0.25, -0.2) is 0 Å². The Hall–Kier alpha value is -4.07. The molecule has 0 saturated heterocycles. The number of hydrogen-bond acceptors (Lipinski definition) is 6. The van der Waals surface area contributed by atoms with Crippen molar-refractivity contribution in [2.45, 2.75) is 33.1 Å². The van der Waals surface area contributed by atoms with Gasteiger partial charge in [-0.2, -0.15) is 4.99 Å². The van der Waals surface area contributed by atoms with E-state index in [9.17, 15) is 4.79 Å². The molecule has 1 atom stereocenters. The highest BCUT2D eigenvalue weighted by atomic mass is 16.7. The second kappa shape index (κ2) is 10.5. The molecule has 35 heavy (non-hydrogen) atoms. The molecular weight excluding hydrogens is 446 g/mol. The normalized spacial score (nSPS) is 16.9. The van der Waals surface area contributed by atoms with Crippen LogP contribution in [0.15, 0.2) is 64.9 Å². The second-order valence-corrected chi connectivity index (χ2v) is 8.28. The molecule has 0 aliphatic carbocycles. The van der Waals surface area contributed by atoms with E-state index in [1.54, 1.807) is 44.4 Å². The summed E-state index contributed by atoms with van der Waals surface area (Å²) in [6.07, 6.45) is 4.24. The standard InChI is InChI=1S/C27H29N3O5/c1-5-17(2)20-8-6-7-9-22(20)33-12-13-34-23-11-10-19(16-24(23)32-4)15-21-26(28)30-25(29-27(21)31)14-18(3)35-30/h6-11,14-17,28H,5,12-13H2,1-4H3/b21-15+,28-26?. The van der Waals surface area contributed by atoms with E-state index in [1.165, 1.54) is 10.6 Å². The van der Waals surface area contributed by atoms with E-state index in [-0.39, 0.29) is 11.4 Å². The Morgan fingerprint density at radius 2 is 1.86 bits per heavy atom. The van der Waals surface area contributed by atoms with Crippen LogP contribution in [-0.2, 0) is 9.63 Å². The van der Waals surface area contributed by atoms with Gasteiger partial charge in [0, 0.05) is 6.08 Å². The third-order valence-corrected chi connectivity index (χ3v) is 5.84. The molecule has 2 aromatic carbocycles. The second-order valence-electron chi connectivity index (χ2n) is 8.28. The molecule has 2 aromatic rings. The molecule has 0 spiro atoms. The van der Waals surface area contributed by atoms with Crippen molar-refractivity contribution in [2.75, 3.05) is 20.3 Å². The summed E-state index contributed by atoms with van der Waals surface area (Å²) in [6, 6.07) is 13.4. The largest absolute Gasteiger partial charge is 0.493 e. The molecule has 1 unspecified atom stereocenters. The van der Waals surface area contributed by atoms with Crippen LogP contribution in [0.4, 0.5) is 0 Å². The number of carbonyl (C=O) groups excluding carboxylic acids is 1. The molecule has 0 radical (unpaired) electrons. The lowest BCUT2D eigenvalue weighted by Gasteiger charge is -2.23. The van der Waals surface area contributed by atoms with Crippen LogP contribution < -0.4 is 14.2 Å². The Kier molecular flexibility index (Phi) is 7.19. The molecule has 182 valence electrons. The van der Waals surface area contributed by atoms with E-state index in [1.807, 2.05) is 18.2 Å². The maximum atomic E-state index is 12.5. The lowest BCUT2D eigenvalue weighted by molar-refractivity contribution is -0.114. The summed E-state index contributed by atoms with van der Waals surface area (Å²) in [4.78, 5) is 21.9. The summed E-state index contributed by atoms with van der Waals surface area (Å²) in [6.45, 7) is 6.81. The summed E-state index contributed by atoms with van der Waals surface area (Å²) < 4.78 is 17.4. The molecule has 1 amide bonds. The number of para-hydroxylation sites is 1. The number of rotatable bonds is 9. The van der Waals surface area contributed by atoms with E-state index >= 15 is 0 Å². The van der Waals surface area contributed by atoms with Gasteiger partial charge in [-0.15, -0.1) is 5.06 Å². The summed E-state index contributed by atoms with van der Waals surface area (Å²) >= 11 is 0. The van der Waals surface area contributed by atoms with Gasteiger partial charge in [-0.1, -0.05) is 38.1 Å². The molecule has 2 aliphatic rings. The number of hydroxylamine groups is 2. The van der Waals surface area contributed by atoms with Crippen LogP contribution >= 0.6 is 0 Å². The third-order valence-electron chi connectivity index (χ3n) is 5.84. The highest BCUT2D eigenvalue weighted by molar-refractivity contribution is 6.32. The van der Waals surface area contributed by atoms with E-state index in [2.05, 4.69) is 24.9 Å². The molecule has 0 bridgehead atoms. The molecule has 2 aliphatic heterocycles. The van der Waals surface area contributed by atoms with Crippen LogP contribution in [-0.4, -0.2) is 43.0 Å². The van der Waals surface area contributed by atoms with Crippen LogP contribution in [0.5, 0.6) is 17.2 Å². The van der Waals surface area contributed by atoms with Gasteiger partial charge in [-0.3, -0.25) is 10.2 Å². The number of nitrogens with zero attached hydrogens (tertiary/aromatic N) is 2. The van der Waals surface area contributed by atoms with Gasteiger partial charge in [0.25, 0.3) is 5.91 Å². The van der Waals surface area contributed by atoms with E-state index in [4.69, 9.17) is 24.5 Å². The first-order valence-electron chi connectivity index (χ1n) is 11.5. The molecule has 4 rings (SSSR count). The fraction of sp³-hybridized carbons (Fsp3) is 0.296. The lowest BCUT2D eigenvalue weighted by Crippen LogP contribution is -2.38. The number of amides is 1. The Balaban J connectivity index is 1.42. The number of carbonyl (C=O) groups is 1. The Morgan fingerprint density at radius 3 is 2.60 bits per heavy atom. The van der Waals surface area contributed by atoms with Crippen LogP contribution in [0.3, 0.4) is 0 Å². The third kappa shape index (κ3) is 5.21. The predicted molar refractivity (Wildman–Crippen MR) is 134 cm³/mol. The smallest absolute Gasteiger partial charge is 0.282 e. The molecule has 8 nitrogen and oxygen atoms in total. The number of benzene rings is 2. The Morgan fingerprint density at radius 1 is 1.11 bits per heavy atom. The number of hydrogen-bond donors (Lipinski definition) is 1. The van der Waals surface area contributed by atoms with Crippen LogP contribution in [0, 0.1) is 5.41 Å². The van der Waals surface area contributed by atoms with Gasteiger partial charge < -0.3 is 19.0 Å². The lowest BCUT2D eigenvalue weighted by atomic mass is 9.98. The zero-order chi connectivity index (χ0) is 24.9. The van der Waals surface area contributed by atoms with E-state index in [0.29, 0.717) is 47.8 Å². The van der Waals surface area contributed by atoms with Gasteiger partial charge in [0.1, 0.15) is 24.7 Å². The number of aliphatic imine (C=N–C) groups is 1. The van der Waals surface area contributed by atoms with Crippen LogP contribution in [0.25, 0.3) is 6.08 Å². The summed E-state index contributed by atoms with van der Waals surface area (Å²) in [5.74, 6) is 2.67. The topological polar surface area (TPSA) is 93.4 Å². The van der Waals surface area contributed by atoms with Gasteiger partial charge in [-0.05, 0) is 54.7 Å². The van der Waals surface area contributed by atoms with Crippen molar-refractivity contribution in [3.8, 4) is 17.2 Å². The monoisotopic (exact) mass is 475 g/mol. The number of fused-ring (bicyclic) bond motifs is 1. The van der Waals surface area contributed by atoms with Crippen molar-refractivity contribution >= 4 is 23.7 Å².